The molecule has 5 heteroatoms. The Labute approximate surface area is 184 Å². The van der Waals surface area contributed by atoms with Gasteiger partial charge in [-0.1, -0.05) is 35.9 Å². The predicted molar refractivity (Wildman–Crippen MR) is 123 cm³/mol. The van der Waals surface area contributed by atoms with Crippen LogP contribution in [-0.2, 0) is 4.79 Å². The first-order valence-corrected chi connectivity index (χ1v) is 10.7. The fourth-order valence-corrected chi connectivity index (χ4v) is 4.20. The second-order valence-electron chi connectivity index (χ2n) is 8.22. The lowest BCUT2D eigenvalue weighted by Gasteiger charge is -2.34. The Hall–Kier alpha value is -3.34. The zero-order valence-corrected chi connectivity index (χ0v) is 18.6. The molecule has 1 fully saturated rings. The molecule has 0 spiro atoms. The first kappa shape index (κ1) is 20.9. The van der Waals surface area contributed by atoms with Crippen LogP contribution in [0.1, 0.15) is 48.2 Å². The maximum absolute atomic E-state index is 13.3. The van der Waals surface area contributed by atoms with Crippen molar-refractivity contribution < 1.29 is 9.53 Å². The van der Waals surface area contributed by atoms with Gasteiger partial charge >= 0.3 is 0 Å². The topological polar surface area (TPSA) is 47.4 Å². The number of ether oxygens (including phenoxy) is 1. The molecule has 0 unspecified atom stereocenters. The fraction of sp³-hybridized carbons (Fsp3) is 0.308. The van der Waals surface area contributed by atoms with Crippen LogP contribution < -0.4 is 4.74 Å². The number of benzene rings is 2. The van der Waals surface area contributed by atoms with E-state index < -0.39 is 0 Å². The van der Waals surface area contributed by atoms with Crippen molar-refractivity contribution in [2.24, 2.45) is 0 Å². The summed E-state index contributed by atoms with van der Waals surface area (Å²) < 4.78 is 7.57. The third kappa shape index (κ3) is 4.41. The molecule has 0 saturated carbocycles. The van der Waals surface area contributed by atoms with Crippen LogP contribution >= 0.6 is 0 Å². The van der Waals surface area contributed by atoms with Crippen LogP contribution in [0.5, 0.6) is 5.75 Å². The van der Waals surface area contributed by atoms with Crippen LogP contribution in [-0.4, -0.2) is 34.0 Å². The van der Waals surface area contributed by atoms with E-state index in [1.807, 2.05) is 46.9 Å². The van der Waals surface area contributed by atoms with Gasteiger partial charge in [-0.15, -0.1) is 0 Å². The molecule has 2 aromatic carbocycles. The number of likely N-dealkylation sites (tertiary alicyclic amines) is 1. The van der Waals surface area contributed by atoms with Crippen molar-refractivity contribution in [1.82, 2.24) is 14.5 Å². The molecule has 1 atom stereocenters. The van der Waals surface area contributed by atoms with Crippen LogP contribution in [0, 0.1) is 13.8 Å². The Balaban J connectivity index is 1.60. The van der Waals surface area contributed by atoms with Gasteiger partial charge in [0.1, 0.15) is 5.75 Å². The van der Waals surface area contributed by atoms with E-state index in [1.165, 1.54) is 11.1 Å². The minimum absolute atomic E-state index is 0.0532. The summed E-state index contributed by atoms with van der Waals surface area (Å²) in [5, 5.41) is 0. The number of carbonyl (C=O) groups is 1. The highest BCUT2D eigenvalue weighted by Crippen LogP contribution is 2.30. The molecule has 1 aliphatic rings. The van der Waals surface area contributed by atoms with Crippen LogP contribution in [0.3, 0.4) is 0 Å². The zero-order chi connectivity index (χ0) is 22.0. The van der Waals surface area contributed by atoms with Crippen molar-refractivity contribution in [3.63, 3.8) is 0 Å². The van der Waals surface area contributed by atoms with E-state index in [9.17, 15) is 4.79 Å². The molecule has 1 aromatic heterocycles. The number of carbonyl (C=O) groups excluding carboxylic acids is 1. The Kier molecular flexibility index (Phi) is 5.94. The summed E-state index contributed by atoms with van der Waals surface area (Å²) in [7, 11) is 1.66. The summed E-state index contributed by atoms with van der Waals surface area (Å²) >= 11 is 0. The highest BCUT2D eigenvalue weighted by Gasteiger charge is 2.28. The van der Waals surface area contributed by atoms with Crippen molar-refractivity contribution in [2.75, 3.05) is 13.7 Å². The molecule has 1 aliphatic heterocycles. The van der Waals surface area contributed by atoms with Crippen LogP contribution in [0.4, 0.5) is 0 Å². The minimum atomic E-state index is 0.0532. The maximum atomic E-state index is 13.3. The maximum Gasteiger partial charge on any atom is 0.250 e. The molecule has 1 amide bonds. The second kappa shape index (κ2) is 8.80. The Morgan fingerprint density at radius 3 is 2.71 bits per heavy atom. The number of methoxy groups -OCH3 is 1. The predicted octanol–water partition coefficient (Wildman–Crippen LogP) is 5.26. The minimum Gasteiger partial charge on any atom is -0.495 e. The van der Waals surface area contributed by atoms with Crippen molar-refractivity contribution in [3.8, 4) is 11.4 Å². The molecular formula is C26H29N3O2. The summed E-state index contributed by atoms with van der Waals surface area (Å²) in [5.74, 6) is 0.869. The number of aromatic nitrogens is 2. The van der Waals surface area contributed by atoms with E-state index >= 15 is 0 Å². The molecule has 0 N–H and O–H groups in total. The van der Waals surface area contributed by atoms with Gasteiger partial charge < -0.3 is 14.2 Å². The van der Waals surface area contributed by atoms with Gasteiger partial charge in [-0.05, 0) is 62.9 Å². The number of hydrogen-bond donors (Lipinski definition) is 0. The number of piperidine rings is 1. The van der Waals surface area contributed by atoms with E-state index in [0.717, 1.165) is 47.7 Å². The van der Waals surface area contributed by atoms with Crippen LogP contribution in [0.2, 0.25) is 0 Å². The molecular weight excluding hydrogens is 386 g/mol. The SMILES string of the molecule is COc1cc(/C=C2\CCCN([C@@H](C)c3cccc(C)c3)C2=O)ccc1-n1cnc(C)c1. The summed E-state index contributed by atoms with van der Waals surface area (Å²) in [6, 6.07) is 14.5. The lowest BCUT2D eigenvalue weighted by molar-refractivity contribution is -0.130. The first-order valence-electron chi connectivity index (χ1n) is 10.7. The van der Waals surface area contributed by atoms with Crippen LogP contribution in [0.15, 0.2) is 60.6 Å². The number of imidazole rings is 1. The molecule has 1 saturated heterocycles. The highest BCUT2D eigenvalue weighted by atomic mass is 16.5. The number of rotatable bonds is 5. The first-order chi connectivity index (χ1) is 15.0. The monoisotopic (exact) mass is 415 g/mol. The second-order valence-corrected chi connectivity index (χ2v) is 8.22. The molecule has 0 aliphatic carbocycles. The van der Waals surface area contributed by atoms with Gasteiger partial charge in [0, 0.05) is 18.3 Å². The lowest BCUT2D eigenvalue weighted by atomic mass is 9.97. The molecule has 0 bridgehead atoms. The van der Waals surface area contributed by atoms with Gasteiger partial charge in [0.25, 0.3) is 0 Å². The molecule has 0 radical (unpaired) electrons. The van der Waals surface area contributed by atoms with Gasteiger partial charge in [0.15, 0.2) is 0 Å². The van der Waals surface area contributed by atoms with Crippen molar-refractivity contribution in [1.29, 1.82) is 0 Å². The van der Waals surface area contributed by atoms with E-state index in [0.29, 0.717) is 0 Å². The van der Waals surface area contributed by atoms with Crippen molar-refractivity contribution >= 4 is 12.0 Å². The summed E-state index contributed by atoms with van der Waals surface area (Å²) in [6.07, 6.45) is 7.51. The molecule has 3 aromatic rings. The largest absolute Gasteiger partial charge is 0.495 e. The average molecular weight is 416 g/mol. The van der Waals surface area contributed by atoms with Gasteiger partial charge in [-0.2, -0.15) is 0 Å². The van der Waals surface area contributed by atoms with Gasteiger partial charge in [-0.25, -0.2) is 4.98 Å². The standard InChI is InChI=1S/C26H29N3O2/c1-18-7-5-8-22(13-18)20(3)29-12-6-9-23(26(29)30)14-21-10-11-24(25(15-21)31-4)28-16-19(2)27-17-28/h5,7-8,10-11,13-17,20H,6,9,12H2,1-4H3/b23-14+/t20-/m0/s1. The average Bonchev–Trinajstić information content (AvgIpc) is 3.20. The number of hydrogen-bond acceptors (Lipinski definition) is 3. The fourth-order valence-electron chi connectivity index (χ4n) is 4.20. The molecule has 5 nitrogen and oxygen atoms in total. The summed E-state index contributed by atoms with van der Waals surface area (Å²) in [5.41, 5.74) is 6.07. The van der Waals surface area contributed by atoms with Crippen LogP contribution in [0.25, 0.3) is 11.8 Å². The normalized spacial score (nSPS) is 16.6. The van der Waals surface area contributed by atoms with Crippen molar-refractivity contribution in [2.45, 2.75) is 39.7 Å². The Morgan fingerprint density at radius 2 is 2.00 bits per heavy atom. The lowest BCUT2D eigenvalue weighted by Crippen LogP contribution is -2.38. The summed E-state index contributed by atoms with van der Waals surface area (Å²) in [6.45, 7) is 6.94. The number of nitrogens with zero attached hydrogens (tertiary/aromatic N) is 3. The molecule has 31 heavy (non-hydrogen) atoms. The third-order valence-electron chi connectivity index (χ3n) is 5.91. The number of amides is 1. The van der Waals surface area contributed by atoms with E-state index in [2.05, 4.69) is 43.1 Å². The van der Waals surface area contributed by atoms with E-state index in [4.69, 9.17) is 4.74 Å². The molecule has 160 valence electrons. The Bertz CT molecular complexity index is 1130. The number of aryl methyl sites for hydroxylation is 2. The zero-order valence-electron chi connectivity index (χ0n) is 18.6. The molecule has 2 heterocycles. The third-order valence-corrected chi connectivity index (χ3v) is 5.91. The quantitative estimate of drug-likeness (QED) is 0.534. The van der Waals surface area contributed by atoms with Crippen molar-refractivity contribution in [3.05, 3.63) is 82.9 Å². The smallest absolute Gasteiger partial charge is 0.250 e. The van der Waals surface area contributed by atoms with Gasteiger partial charge in [-0.3, -0.25) is 4.79 Å². The summed E-state index contributed by atoms with van der Waals surface area (Å²) in [4.78, 5) is 19.6. The molecule has 4 rings (SSSR count). The highest BCUT2D eigenvalue weighted by molar-refractivity contribution is 5.98. The Morgan fingerprint density at radius 1 is 1.16 bits per heavy atom. The van der Waals surface area contributed by atoms with E-state index in [-0.39, 0.29) is 11.9 Å². The van der Waals surface area contributed by atoms with Gasteiger partial charge in [0.05, 0.1) is 30.9 Å². The van der Waals surface area contributed by atoms with E-state index in [1.54, 1.807) is 13.4 Å². The van der Waals surface area contributed by atoms with Gasteiger partial charge in [0.2, 0.25) is 5.91 Å².